The molecule has 3 N–H and O–H groups in total. The van der Waals surface area contributed by atoms with Crippen molar-refractivity contribution in [3.63, 3.8) is 0 Å². The maximum atomic E-state index is 13.9. The Labute approximate surface area is 181 Å². The minimum absolute atomic E-state index is 0.0618. The first-order chi connectivity index (χ1) is 15.6. The number of ether oxygens (including phenoxy) is 1. The van der Waals surface area contributed by atoms with Gasteiger partial charge in [-0.05, 0) is 25.0 Å². The molecule has 1 saturated carbocycles. The SMILES string of the molecule is Fc1cc(F)c(F)c(NNc2cc(-c3cccc(OC(F)(F)F)c3)nc(NC3CC3)n2)c1F. The molecule has 4 rings (SSSR count). The molecule has 0 atom stereocenters. The number of alkyl halides is 3. The van der Waals surface area contributed by atoms with Gasteiger partial charge >= 0.3 is 6.36 Å². The molecule has 1 fully saturated rings. The maximum Gasteiger partial charge on any atom is 0.573 e. The van der Waals surface area contributed by atoms with E-state index in [0.717, 1.165) is 25.0 Å². The van der Waals surface area contributed by atoms with Gasteiger partial charge in [-0.15, -0.1) is 13.2 Å². The minimum Gasteiger partial charge on any atom is -0.406 e. The van der Waals surface area contributed by atoms with Crippen molar-refractivity contribution in [3.8, 4) is 17.0 Å². The Morgan fingerprint density at radius 2 is 1.58 bits per heavy atom. The van der Waals surface area contributed by atoms with Gasteiger partial charge in [0.25, 0.3) is 0 Å². The van der Waals surface area contributed by atoms with Crippen LogP contribution in [0.2, 0.25) is 0 Å². The number of aromatic nitrogens is 2. The van der Waals surface area contributed by atoms with E-state index >= 15 is 0 Å². The van der Waals surface area contributed by atoms with Crippen LogP contribution in [0.1, 0.15) is 12.8 Å². The molecule has 33 heavy (non-hydrogen) atoms. The number of nitrogens with one attached hydrogen (secondary N) is 3. The van der Waals surface area contributed by atoms with E-state index in [1.54, 1.807) is 0 Å². The molecule has 0 spiro atoms. The maximum absolute atomic E-state index is 13.9. The largest absolute Gasteiger partial charge is 0.573 e. The van der Waals surface area contributed by atoms with Crippen LogP contribution in [-0.4, -0.2) is 22.4 Å². The van der Waals surface area contributed by atoms with Gasteiger partial charge in [-0.1, -0.05) is 12.1 Å². The summed E-state index contributed by atoms with van der Waals surface area (Å²) in [6, 6.07) is 6.38. The molecule has 6 nitrogen and oxygen atoms in total. The fourth-order valence-electron chi connectivity index (χ4n) is 2.80. The van der Waals surface area contributed by atoms with E-state index in [4.69, 9.17) is 0 Å². The zero-order valence-electron chi connectivity index (χ0n) is 16.4. The van der Waals surface area contributed by atoms with Crippen molar-refractivity contribution in [2.75, 3.05) is 16.2 Å². The van der Waals surface area contributed by atoms with Crippen molar-refractivity contribution in [1.29, 1.82) is 0 Å². The van der Waals surface area contributed by atoms with Crippen LogP contribution < -0.4 is 20.9 Å². The summed E-state index contributed by atoms with van der Waals surface area (Å²) in [6.07, 6.45) is -3.20. The predicted octanol–water partition coefficient (Wildman–Crippen LogP) is 5.61. The van der Waals surface area contributed by atoms with Crippen LogP contribution in [0, 0.1) is 23.3 Å². The first-order valence-electron chi connectivity index (χ1n) is 9.46. The third kappa shape index (κ3) is 5.54. The topological polar surface area (TPSA) is 71.1 Å². The lowest BCUT2D eigenvalue weighted by atomic mass is 10.1. The Hall–Kier alpha value is -3.77. The second-order valence-corrected chi connectivity index (χ2v) is 7.05. The molecule has 0 saturated heterocycles. The van der Waals surface area contributed by atoms with Crippen molar-refractivity contribution in [1.82, 2.24) is 9.97 Å². The molecule has 0 radical (unpaired) electrons. The van der Waals surface area contributed by atoms with E-state index in [2.05, 4.69) is 25.4 Å². The number of anilines is 3. The molecule has 0 amide bonds. The third-order valence-corrected chi connectivity index (χ3v) is 4.43. The Bertz CT molecular complexity index is 1160. The molecule has 1 heterocycles. The average Bonchev–Trinajstić information content (AvgIpc) is 3.55. The summed E-state index contributed by atoms with van der Waals surface area (Å²) < 4.78 is 96.2. The number of rotatable bonds is 7. The molecule has 0 unspecified atom stereocenters. The first kappa shape index (κ1) is 22.4. The molecule has 1 aliphatic carbocycles. The predicted molar refractivity (Wildman–Crippen MR) is 104 cm³/mol. The minimum atomic E-state index is -4.89. The van der Waals surface area contributed by atoms with E-state index in [-0.39, 0.29) is 35.1 Å². The highest BCUT2D eigenvalue weighted by molar-refractivity contribution is 5.67. The summed E-state index contributed by atoms with van der Waals surface area (Å²) in [5, 5.41) is 2.99. The normalized spacial score (nSPS) is 13.5. The molecule has 1 aliphatic rings. The van der Waals surface area contributed by atoms with Gasteiger partial charge in [-0.3, -0.25) is 10.9 Å². The Kier molecular flexibility index (Phi) is 5.87. The number of benzene rings is 2. The molecule has 0 aliphatic heterocycles. The quantitative estimate of drug-likeness (QED) is 0.235. The lowest BCUT2D eigenvalue weighted by Crippen LogP contribution is -2.17. The van der Waals surface area contributed by atoms with Crippen molar-refractivity contribution < 1.29 is 35.5 Å². The van der Waals surface area contributed by atoms with E-state index < -0.39 is 41.1 Å². The highest BCUT2D eigenvalue weighted by Gasteiger charge is 2.31. The summed E-state index contributed by atoms with van der Waals surface area (Å²) in [7, 11) is 0. The van der Waals surface area contributed by atoms with Crippen LogP contribution in [0.4, 0.5) is 48.2 Å². The highest BCUT2D eigenvalue weighted by Crippen LogP contribution is 2.30. The monoisotopic (exact) mass is 473 g/mol. The molecule has 174 valence electrons. The van der Waals surface area contributed by atoms with Gasteiger partial charge in [0.2, 0.25) is 5.95 Å². The van der Waals surface area contributed by atoms with E-state index in [9.17, 15) is 30.7 Å². The van der Waals surface area contributed by atoms with Gasteiger partial charge in [-0.25, -0.2) is 22.5 Å². The van der Waals surface area contributed by atoms with Crippen molar-refractivity contribution >= 4 is 17.5 Å². The van der Waals surface area contributed by atoms with Crippen molar-refractivity contribution in [3.05, 3.63) is 59.7 Å². The zero-order valence-corrected chi connectivity index (χ0v) is 16.4. The number of hydrazine groups is 1. The van der Waals surface area contributed by atoms with Gasteiger partial charge in [0.1, 0.15) is 11.4 Å². The summed E-state index contributed by atoms with van der Waals surface area (Å²) in [4.78, 5) is 8.35. The van der Waals surface area contributed by atoms with E-state index in [0.29, 0.717) is 0 Å². The molecule has 2 aromatic carbocycles. The Morgan fingerprint density at radius 3 is 2.21 bits per heavy atom. The van der Waals surface area contributed by atoms with Crippen molar-refractivity contribution in [2.45, 2.75) is 25.2 Å². The smallest absolute Gasteiger partial charge is 0.406 e. The Morgan fingerprint density at radius 1 is 0.879 bits per heavy atom. The third-order valence-electron chi connectivity index (χ3n) is 4.43. The molecular weight excluding hydrogens is 459 g/mol. The number of nitrogens with zero attached hydrogens (tertiary/aromatic N) is 2. The number of halogens is 7. The van der Waals surface area contributed by atoms with Crippen LogP contribution in [0.3, 0.4) is 0 Å². The van der Waals surface area contributed by atoms with Crippen LogP contribution in [0.25, 0.3) is 11.3 Å². The van der Waals surface area contributed by atoms with Gasteiger partial charge in [-0.2, -0.15) is 4.98 Å². The van der Waals surface area contributed by atoms with Crippen LogP contribution in [-0.2, 0) is 0 Å². The van der Waals surface area contributed by atoms with E-state index in [1.165, 1.54) is 18.2 Å². The molecular formula is C20H14F7N5O. The average molecular weight is 473 g/mol. The lowest BCUT2D eigenvalue weighted by Gasteiger charge is -2.14. The van der Waals surface area contributed by atoms with Gasteiger partial charge in [0, 0.05) is 23.7 Å². The molecule has 1 aromatic heterocycles. The standard InChI is InChI=1S/C20H14F7N5O/c21-12-7-13(22)17(24)18(16(12)23)32-31-15-8-14(29-19(30-15)28-10-4-5-10)9-2-1-3-11(6-9)33-20(25,26)27/h1-3,6-8,10,32H,4-5H2,(H2,28,29,30,31). The summed E-state index contributed by atoms with van der Waals surface area (Å²) in [5.74, 6) is -7.05. The van der Waals surface area contributed by atoms with Gasteiger partial charge in [0.05, 0.1) is 5.69 Å². The van der Waals surface area contributed by atoms with Crippen LogP contribution >= 0.6 is 0 Å². The van der Waals surface area contributed by atoms with Crippen molar-refractivity contribution in [2.24, 2.45) is 0 Å². The molecule has 0 bridgehead atoms. The first-order valence-corrected chi connectivity index (χ1v) is 9.46. The Balaban J connectivity index is 1.65. The fraction of sp³-hybridized carbons (Fsp3) is 0.200. The van der Waals surface area contributed by atoms with Gasteiger partial charge in [0.15, 0.2) is 29.1 Å². The number of hydrogen-bond acceptors (Lipinski definition) is 6. The fourth-order valence-corrected chi connectivity index (χ4v) is 2.80. The van der Waals surface area contributed by atoms with Gasteiger partial charge < -0.3 is 10.1 Å². The molecule has 13 heteroatoms. The van der Waals surface area contributed by atoms with Crippen LogP contribution in [0.15, 0.2) is 36.4 Å². The highest BCUT2D eigenvalue weighted by atomic mass is 19.4. The lowest BCUT2D eigenvalue weighted by molar-refractivity contribution is -0.274. The summed E-state index contributed by atoms with van der Waals surface area (Å²) in [6.45, 7) is 0. The molecule has 3 aromatic rings. The second-order valence-electron chi connectivity index (χ2n) is 7.05. The van der Waals surface area contributed by atoms with Crippen LogP contribution in [0.5, 0.6) is 5.75 Å². The number of hydrogen-bond donors (Lipinski definition) is 3. The second kappa shape index (κ2) is 8.64. The van der Waals surface area contributed by atoms with E-state index in [1.807, 2.05) is 5.43 Å². The summed E-state index contributed by atoms with van der Waals surface area (Å²) in [5.41, 5.74) is 3.59. The zero-order chi connectivity index (χ0) is 23.8. The summed E-state index contributed by atoms with van der Waals surface area (Å²) >= 11 is 0.